The monoisotopic (exact) mass is 302 g/mol. The van der Waals surface area contributed by atoms with Gasteiger partial charge in [-0.15, -0.1) is 0 Å². The topological polar surface area (TPSA) is 121 Å². The number of nitrogens with one attached hydrogen (secondary N) is 3. The number of benzene rings is 1. The number of aromatic nitrogens is 2. The summed E-state index contributed by atoms with van der Waals surface area (Å²) < 4.78 is 0. The summed E-state index contributed by atoms with van der Waals surface area (Å²) in [6.07, 6.45) is 0. The number of hydrogen-bond acceptors (Lipinski definition) is 4. The molecule has 0 unspecified atom stereocenters. The Morgan fingerprint density at radius 2 is 1.77 bits per heavy atom. The van der Waals surface area contributed by atoms with Gasteiger partial charge in [0.15, 0.2) is 0 Å². The second-order valence-corrected chi connectivity index (χ2v) is 5.30. The molecule has 116 valence electrons. The Morgan fingerprint density at radius 1 is 1.14 bits per heavy atom. The quantitative estimate of drug-likeness (QED) is 0.666. The smallest absolute Gasteiger partial charge is 0.326 e. The van der Waals surface area contributed by atoms with Gasteiger partial charge < -0.3 is 16.0 Å². The van der Waals surface area contributed by atoms with Crippen LogP contribution in [0, 0.1) is 5.92 Å². The molecule has 7 heteroatoms. The fourth-order valence-corrected chi connectivity index (χ4v) is 2.18. The van der Waals surface area contributed by atoms with E-state index in [-0.39, 0.29) is 23.3 Å². The summed E-state index contributed by atoms with van der Waals surface area (Å²) in [5.41, 5.74) is 4.40. The van der Waals surface area contributed by atoms with Gasteiger partial charge in [-0.3, -0.25) is 14.6 Å². The fraction of sp³-hybridized carbons (Fsp3) is 0.267. The molecule has 1 aromatic heterocycles. The lowest BCUT2D eigenvalue weighted by Crippen LogP contribution is -2.36. The van der Waals surface area contributed by atoms with Crippen molar-refractivity contribution in [3.8, 4) is 0 Å². The number of hydrogen-bond donors (Lipinski definition) is 4. The molecule has 0 bridgehead atoms. The SMILES string of the molecule is CC(C)[C@H](NC(=O)c1[nH]c(=O)[nH]c(=O)c1N)c1ccccc1. The second-order valence-electron chi connectivity index (χ2n) is 5.30. The normalized spacial score (nSPS) is 12.1. The van der Waals surface area contributed by atoms with Crippen LogP contribution in [-0.2, 0) is 0 Å². The average molecular weight is 302 g/mol. The minimum atomic E-state index is -0.783. The van der Waals surface area contributed by atoms with Crippen LogP contribution in [0.15, 0.2) is 39.9 Å². The number of carbonyl (C=O) groups excluding carboxylic acids is 1. The Bertz CT molecular complexity index is 777. The van der Waals surface area contributed by atoms with Gasteiger partial charge in [0.25, 0.3) is 11.5 Å². The zero-order valence-corrected chi connectivity index (χ0v) is 12.3. The molecular weight excluding hydrogens is 284 g/mol. The molecule has 2 aromatic rings. The van der Waals surface area contributed by atoms with Gasteiger partial charge in [-0.1, -0.05) is 44.2 Å². The first-order valence-electron chi connectivity index (χ1n) is 6.88. The van der Waals surface area contributed by atoms with Crippen molar-refractivity contribution in [3.05, 3.63) is 62.4 Å². The first kappa shape index (κ1) is 15.6. The van der Waals surface area contributed by atoms with Gasteiger partial charge in [0, 0.05) is 0 Å². The van der Waals surface area contributed by atoms with E-state index in [1.54, 1.807) is 0 Å². The number of aromatic amines is 2. The first-order valence-corrected chi connectivity index (χ1v) is 6.88. The molecule has 0 spiro atoms. The van der Waals surface area contributed by atoms with E-state index in [9.17, 15) is 14.4 Å². The number of nitrogen functional groups attached to an aromatic ring is 1. The van der Waals surface area contributed by atoms with E-state index in [0.717, 1.165) is 5.56 Å². The number of amides is 1. The van der Waals surface area contributed by atoms with Gasteiger partial charge in [-0.2, -0.15) is 0 Å². The summed E-state index contributed by atoms with van der Waals surface area (Å²) in [5, 5.41) is 2.80. The van der Waals surface area contributed by atoms with Crippen LogP contribution >= 0.6 is 0 Å². The van der Waals surface area contributed by atoms with E-state index in [1.165, 1.54) is 0 Å². The number of carbonyl (C=O) groups is 1. The van der Waals surface area contributed by atoms with Crippen molar-refractivity contribution in [3.63, 3.8) is 0 Å². The Morgan fingerprint density at radius 3 is 2.36 bits per heavy atom. The highest BCUT2D eigenvalue weighted by Crippen LogP contribution is 2.21. The first-order chi connectivity index (χ1) is 10.4. The standard InChI is InChI=1S/C15H18N4O3/c1-8(2)11(9-6-4-3-5-7-9)17-14(21)12-10(16)13(20)19-15(22)18-12/h3-8,11H,16H2,1-2H3,(H,17,21)(H2,18,19,20,22)/t11-/m0/s1. The molecule has 0 aliphatic heterocycles. The Balaban J connectivity index is 2.34. The highest BCUT2D eigenvalue weighted by molar-refractivity contribution is 5.97. The summed E-state index contributed by atoms with van der Waals surface area (Å²) in [5.74, 6) is -0.482. The summed E-state index contributed by atoms with van der Waals surface area (Å²) in [6, 6.07) is 9.16. The maximum atomic E-state index is 12.3. The lowest BCUT2D eigenvalue weighted by molar-refractivity contribution is 0.0921. The predicted molar refractivity (Wildman–Crippen MR) is 83.6 cm³/mol. The van der Waals surface area contributed by atoms with Gasteiger partial charge in [0.2, 0.25) is 0 Å². The fourth-order valence-electron chi connectivity index (χ4n) is 2.18. The van der Waals surface area contributed by atoms with E-state index in [0.29, 0.717) is 0 Å². The summed E-state index contributed by atoms with van der Waals surface area (Å²) >= 11 is 0. The van der Waals surface area contributed by atoms with Crippen molar-refractivity contribution < 1.29 is 4.79 Å². The molecule has 7 nitrogen and oxygen atoms in total. The third-order valence-corrected chi connectivity index (χ3v) is 3.32. The lowest BCUT2D eigenvalue weighted by Gasteiger charge is -2.23. The molecular formula is C15H18N4O3. The van der Waals surface area contributed by atoms with Gasteiger partial charge in [-0.05, 0) is 11.5 Å². The van der Waals surface area contributed by atoms with Crippen LogP contribution in [0.5, 0.6) is 0 Å². The van der Waals surface area contributed by atoms with Gasteiger partial charge >= 0.3 is 5.69 Å². The van der Waals surface area contributed by atoms with Crippen molar-refractivity contribution in [2.45, 2.75) is 19.9 Å². The molecule has 22 heavy (non-hydrogen) atoms. The Kier molecular flexibility index (Phi) is 4.45. The molecule has 2 rings (SSSR count). The van der Waals surface area contributed by atoms with Crippen molar-refractivity contribution in [1.82, 2.24) is 15.3 Å². The van der Waals surface area contributed by atoms with Gasteiger partial charge in [0.05, 0.1) is 6.04 Å². The summed E-state index contributed by atoms with van der Waals surface area (Å²) in [6.45, 7) is 3.92. The second kappa shape index (κ2) is 6.30. The Hall–Kier alpha value is -2.83. The van der Waals surface area contributed by atoms with E-state index < -0.39 is 17.2 Å². The molecule has 0 fully saturated rings. The number of H-pyrrole nitrogens is 2. The zero-order valence-electron chi connectivity index (χ0n) is 12.3. The summed E-state index contributed by atoms with van der Waals surface area (Å²) in [7, 11) is 0. The van der Waals surface area contributed by atoms with Crippen LogP contribution in [0.1, 0.15) is 35.9 Å². The third kappa shape index (κ3) is 3.25. The molecule has 1 atom stereocenters. The number of nitrogens with two attached hydrogens (primary N) is 1. The molecule has 0 aliphatic rings. The average Bonchev–Trinajstić information content (AvgIpc) is 2.48. The van der Waals surface area contributed by atoms with Gasteiger partial charge in [0.1, 0.15) is 11.4 Å². The van der Waals surface area contributed by atoms with Crippen LogP contribution in [0.3, 0.4) is 0 Å². The highest BCUT2D eigenvalue weighted by atomic mass is 16.2. The largest absolute Gasteiger partial charge is 0.392 e. The van der Waals surface area contributed by atoms with Crippen LogP contribution in [-0.4, -0.2) is 15.9 Å². The molecule has 0 saturated heterocycles. The van der Waals surface area contributed by atoms with Crippen molar-refractivity contribution in [1.29, 1.82) is 0 Å². The minimum Gasteiger partial charge on any atom is -0.392 e. The van der Waals surface area contributed by atoms with Crippen LogP contribution in [0.25, 0.3) is 0 Å². The predicted octanol–water partition coefficient (Wildman–Crippen LogP) is 0.773. The minimum absolute atomic E-state index is 0.112. The molecule has 1 aromatic carbocycles. The highest BCUT2D eigenvalue weighted by Gasteiger charge is 2.21. The number of anilines is 1. The lowest BCUT2D eigenvalue weighted by atomic mass is 9.96. The van der Waals surface area contributed by atoms with Crippen molar-refractivity contribution in [2.75, 3.05) is 5.73 Å². The maximum absolute atomic E-state index is 12.3. The summed E-state index contributed by atoms with van der Waals surface area (Å²) in [4.78, 5) is 39.4. The molecule has 5 N–H and O–H groups in total. The molecule has 0 aliphatic carbocycles. The molecule has 0 saturated carbocycles. The number of rotatable bonds is 4. The van der Waals surface area contributed by atoms with Crippen LogP contribution in [0.2, 0.25) is 0 Å². The van der Waals surface area contributed by atoms with Crippen molar-refractivity contribution in [2.24, 2.45) is 5.92 Å². The van der Waals surface area contributed by atoms with E-state index in [2.05, 4.69) is 10.3 Å². The maximum Gasteiger partial charge on any atom is 0.326 e. The van der Waals surface area contributed by atoms with Gasteiger partial charge in [-0.25, -0.2) is 4.79 Å². The van der Waals surface area contributed by atoms with Crippen LogP contribution in [0.4, 0.5) is 5.69 Å². The van der Waals surface area contributed by atoms with Crippen molar-refractivity contribution >= 4 is 11.6 Å². The van der Waals surface area contributed by atoms with Crippen LogP contribution < -0.4 is 22.3 Å². The zero-order chi connectivity index (χ0) is 16.3. The molecule has 1 heterocycles. The Labute approximate surface area is 126 Å². The van der Waals surface area contributed by atoms with E-state index in [1.807, 2.05) is 49.2 Å². The van der Waals surface area contributed by atoms with E-state index >= 15 is 0 Å². The third-order valence-electron chi connectivity index (χ3n) is 3.32. The molecule has 1 amide bonds. The van der Waals surface area contributed by atoms with E-state index in [4.69, 9.17) is 5.73 Å². The molecule has 0 radical (unpaired) electrons.